The van der Waals surface area contributed by atoms with Gasteiger partial charge in [-0.15, -0.1) is 0 Å². The Balaban J connectivity index is 1.38. The van der Waals surface area contributed by atoms with Crippen molar-refractivity contribution in [3.8, 4) is 11.4 Å². The quantitative estimate of drug-likeness (QED) is 0.422. The number of aryl methyl sites for hydroxylation is 1. The van der Waals surface area contributed by atoms with E-state index in [0.29, 0.717) is 23.4 Å². The Bertz CT molecular complexity index is 1360. The van der Waals surface area contributed by atoms with Gasteiger partial charge < -0.3 is 20.4 Å². The third kappa shape index (κ3) is 5.99. The predicted molar refractivity (Wildman–Crippen MR) is 141 cm³/mol. The Morgan fingerprint density at radius 2 is 1.63 bits per heavy atom. The Hall–Kier alpha value is -3.44. The van der Waals surface area contributed by atoms with Gasteiger partial charge in [0.25, 0.3) is 0 Å². The third-order valence-electron chi connectivity index (χ3n) is 6.64. The van der Waals surface area contributed by atoms with E-state index in [1.165, 1.54) is 6.07 Å². The molecule has 0 spiro atoms. The monoisotopic (exact) mass is 545 g/mol. The summed E-state index contributed by atoms with van der Waals surface area (Å²) >= 11 is 5.67. The maximum Gasteiger partial charge on any atom is 0.417 e. The predicted octanol–water partition coefficient (Wildman–Crippen LogP) is 5.79. The molecular formula is C26H27ClF3N7O. The highest BCUT2D eigenvalue weighted by atomic mass is 35.5. The number of benzene rings is 2. The van der Waals surface area contributed by atoms with Gasteiger partial charge in [-0.05, 0) is 62.7 Å². The number of urea groups is 1. The lowest BCUT2D eigenvalue weighted by Gasteiger charge is -2.32. The first-order valence-electron chi connectivity index (χ1n) is 12.3. The number of piperazine rings is 1. The van der Waals surface area contributed by atoms with Gasteiger partial charge in [0, 0.05) is 49.0 Å². The lowest BCUT2D eigenvalue weighted by Crippen LogP contribution is -2.45. The van der Waals surface area contributed by atoms with Crippen LogP contribution in [-0.2, 0) is 6.18 Å². The average molecular weight is 546 g/mol. The van der Waals surface area contributed by atoms with Crippen LogP contribution in [0.3, 0.4) is 0 Å². The van der Waals surface area contributed by atoms with E-state index in [9.17, 15) is 18.0 Å². The molecule has 0 radical (unpaired) electrons. The number of alkyl halides is 3. The zero-order valence-corrected chi connectivity index (χ0v) is 21.7. The van der Waals surface area contributed by atoms with Crippen molar-refractivity contribution in [1.82, 2.24) is 19.9 Å². The van der Waals surface area contributed by atoms with E-state index in [1.807, 2.05) is 13.0 Å². The van der Waals surface area contributed by atoms with Crippen LogP contribution in [0.15, 0.2) is 36.4 Å². The Morgan fingerprint density at radius 3 is 2.29 bits per heavy atom. The summed E-state index contributed by atoms with van der Waals surface area (Å²) in [5.41, 5.74) is 1.05. The number of hydrogen-bond acceptors (Lipinski definition) is 6. The first kappa shape index (κ1) is 26.2. The van der Waals surface area contributed by atoms with E-state index >= 15 is 0 Å². The maximum atomic E-state index is 13.2. The molecule has 1 saturated heterocycles. The first-order valence-corrected chi connectivity index (χ1v) is 12.7. The minimum Gasteiger partial charge on any atom is -0.338 e. The van der Waals surface area contributed by atoms with Crippen molar-refractivity contribution < 1.29 is 18.0 Å². The van der Waals surface area contributed by atoms with Crippen molar-refractivity contribution in [1.29, 1.82) is 0 Å². The number of halogens is 4. The van der Waals surface area contributed by atoms with E-state index in [1.54, 1.807) is 12.1 Å². The van der Waals surface area contributed by atoms with Crippen LogP contribution < -0.4 is 15.5 Å². The standard InChI is InChI=1S/C26H27ClF3N7O/c1-15-3-6-17(31-25(38)32-18-7-8-21(27)20(14-18)26(28,29)30)13-19(15)23-33-22(16-4-5-16)34-24(35-23)37-11-9-36(2)10-12-37/h3,6-8,13-14,16H,4-5,9-12H2,1-2H3,(H2,31,32,38). The molecule has 2 fully saturated rings. The fourth-order valence-electron chi connectivity index (χ4n) is 4.23. The largest absolute Gasteiger partial charge is 0.417 e. The van der Waals surface area contributed by atoms with Crippen LogP contribution in [0.25, 0.3) is 11.4 Å². The van der Waals surface area contributed by atoms with E-state index in [-0.39, 0.29) is 5.69 Å². The van der Waals surface area contributed by atoms with Crippen LogP contribution >= 0.6 is 11.6 Å². The van der Waals surface area contributed by atoms with Gasteiger partial charge in [0.2, 0.25) is 5.95 Å². The van der Waals surface area contributed by atoms with E-state index < -0.39 is 22.8 Å². The SMILES string of the molecule is Cc1ccc(NC(=O)Nc2ccc(Cl)c(C(F)(F)F)c2)cc1-c1nc(C2CC2)nc(N2CCN(C)CC2)n1. The molecule has 1 aliphatic heterocycles. The zero-order valence-electron chi connectivity index (χ0n) is 20.9. The van der Waals surface area contributed by atoms with Gasteiger partial charge in [-0.1, -0.05) is 17.7 Å². The van der Waals surface area contributed by atoms with Gasteiger partial charge in [-0.25, -0.2) is 9.78 Å². The molecule has 8 nitrogen and oxygen atoms in total. The fraction of sp³-hybridized carbons (Fsp3) is 0.385. The van der Waals surface area contributed by atoms with Crippen LogP contribution in [0.4, 0.5) is 35.3 Å². The summed E-state index contributed by atoms with van der Waals surface area (Å²) in [5, 5.41) is 4.67. The van der Waals surface area contributed by atoms with Gasteiger partial charge in [0.15, 0.2) is 5.82 Å². The molecule has 200 valence electrons. The highest BCUT2D eigenvalue weighted by Gasteiger charge is 2.33. The summed E-state index contributed by atoms with van der Waals surface area (Å²) in [6.07, 6.45) is -2.54. The van der Waals surface area contributed by atoms with E-state index in [0.717, 1.165) is 68.1 Å². The summed E-state index contributed by atoms with van der Waals surface area (Å²) in [6.45, 7) is 5.43. The topological polar surface area (TPSA) is 86.3 Å². The number of nitrogens with one attached hydrogen (secondary N) is 2. The summed E-state index contributed by atoms with van der Waals surface area (Å²) in [7, 11) is 2.09. The molecule has 0 bridgehead atoms. The van der Waals surface area contributed by atoms with E-state index in [2.05, 4.69) is 27.5 Å². The van der Waals surface area contributed by atoms with Crippen molar-refractivity contribution >= 4 is 35.0 Å². The highest BCUT2D eigenvalue weighted by molar-refractivity contribution is 6.31. The lowest BCUT2D eigenvalue weighted by molar-refractivity contribution is -0.137. The van der Waals surface area contributed by atoms with Gasteiger partial charge in [-0.3, -0.25) is 0 Å². The zero-order chi connectivity index (χ0) is 27.0. The number of rotatable bonds is 5. The van der Waals surface area contributed by atoms with Crippen molar-refractivity contribution in [2.24, 2.45) is 0 Å². The van der Waals surface area contributed by atoms with Gasteiger partial charge >= 0.3 is 12.2 Å². The third-order valence-corrected chi connectivity index (χ3v) is 6.97. The van der Waals surface area contributed by atoms with E-state index in [4.69, 9.17) is 26.6 Å². The van der Waals surface area contributed by atoms with Gasteiger partial charge in [0.1, 0.15) is 5.82 Å². The number of aromatic nitrogens is 3. The van der Waals surface area contributed by atoms with Crippen LogP contribution in [0.1, 0.15) is 35.7 Å². The number of anilines is 3. The lowest BCUT2D eigenvalue weighted by atomic mass is 10.1. The normalized spacial score (nSPS) is 16.4. The van der Waals surface area contributed by atoms with Crippen LogP contribution in [0.2, 0.25) is 5.02 Å². The van der Waals surface area contributed by atoms with Crippen LogP contribution in [-0.4, -0.2) is 59.1 Å². The van der Waals surface area contributed by atoms with Gasteiger partial charge in [-0.2, -0.15) is 23.1 Å². The highest BCUT2D eigenvalue weighted by Crippen LogP contribution is 2.39. The average Bonchev–Trinajstić information content (AvgIpc) is 3.72. The number of nitrogens with zero attached hydrogens (tertiary/aromatic N) is 5. The maximum absolute atomic E-state index is 13.2. The Kier molecular flexibility index (Phi) is 7.15. The number of carbonyl (C=O) groups is 1. The van der Waals surface area contributed by atoms with Crippen LogP contribution in [0, 0.1) is 6.92 Å². The minimum atomic E-state index is -4.63. The molecule has 2 N–H and O–H groups in total. The Labute approximate surface area is 223 Å². The van der Waals surface area contributed by atoms with Crippen molar-refractivity contribution in [2.45, 2.75) is 31.9 Å². The molecule has 5 rings (SSSR count). The second-order valence-corrected chi connectivity index (χ2v) is 10.1. The molecule has 3 aromatic rings. The molecule has 1 aromatic heterocycles. The summed E-state index contributed by atoms with van der Waals surface area (Å²) in [6, 6.07) is 7.83. The molecule has 0 unspecified atom stereocenters. The molecule has 38 heavy (non-hydrogen) atoms. The van der Waals surface area contributed by atoms with Crippen molar-refractivity contribution in [2.75, 3.05) is 48.8 Å². The van der Waals surface area contributed by atoms with Gasteiger partial charge in [0.05, 0.1) is 10.6 Å². The number of likely N-dealkylation sites (N-methyl/N-ethyl adjacent to an activating group) is 1. The molecule has 2 amide bonds. The molecule has 12 heteroatoms. The van der Waals surface area contributed by atoms with Crippen molar-refractivity contribution in [3.63, 3.8) is 0 Å². The summed E-state index contributed by atoms with van der Waals surface area (Å²) in [4.78, 5) is 31.4. The fourth-order valence-corrected chi connectivity index (χ4v) is 4.45. The second-order valence-electron chi connectivity index (χ2n) is 9.68. The number of carbonyl (C=O) groups excluding carboxylic acids is 1. The summed E-state index contributed by atoms with van der Waals surface area (Å²) < 4.78 is 39.5. The number of amides is 2. The molecule has 2 aromatic carbocycles. The molecule has 1 aliphatic carbocycles. The first-order chi connectivity index (χ1) is 18.1. The minimum absolute atomic E-state index is 0.0325. The molecule has 2 heterocycles. The molecule has 1 saturated carbocycles. The molecular weight excluding hydrogens is 519 g/mol. The smallest absolute Gasteiger partial charge is 0.338 e. The van der Waals surface area contributed by atoms with Crippen molar-refractivity contribution in [3.05, 3.63) is 58.4 Å². The second kappa shape index (κ2) is 10.4. The summed E-state index contributed by atoms with van der Waals surface area (Å²) in [5.74, 6) is 2.30. The number of hydrogen-bond donors (Lipinski definition) is 2. The molecule has 2 aliphatic rings. The molecule has 0 atom stereocenters. The Morgan fingerprint density at radius 1 is 0.974 bits per heavy atom. The van der Waals surface area contributed by atoms with Crippen LogP contribution in [0.5, 0.6) is 0 Å².